The number of alkyl halides is 3. The van der Waals surface area contributed by atoms with Gasteiger partial charge in [0.05, 0.1) is 6.10 Å². The van der Waals surface area contributed by atoms with Crippen molar-refractivity contribution in [2.75, 3.05) is 0 Å². The molecule has 6 nitrogen and oxygen atoms in total. The third-order valence-corrected chi connectivity index (χ3v) is 5.34. The molecule has 0 aliphatic heterocycles. The second-order valence-electron chi connectivity index (χ2n) is 7.06. The molecule has 0 unspecified atom stereocenters. The quantitative estimate of drug-likeness (QED) is 0.791. The Morgan fingerprint density at radius 1 is 1.39 bits per heavy atom. The van der Waals surface area contributed by atoms with Gasteiger partial charge in [0.2, 0.25) is 0 Å². The summed E-state index contributed by atoms with van der Waals surface area (Å²) in [6, 6.07) is 0. The van der Waals surface area contributed by atoms with Crippen molar-refractivity contribution in [1.82, 2.24) is 15.3 Å². The maximum atomic E-state index is 12.1. The molecular formula is C14H16F3N3O3. The van der Waals surface area contributed by atoms with Crippen molar-refractivity contribution in [2.45, 2.75) is 61.4 Å². The van der Waals surface area contributed by atoms with Gasteiger partial charge in [-0.1, -0.05) is 0 Å². The van der Waals surface area contributed by atoms with E-state index in [4.69, 9.17) is 5.11 Å². The first-order chi connectivity index (χ1) is 10.7. The molecule has 1 amide bonds. The Labute approximate surface area is 129 Å². The molecule has 4 aliphatic carbocycles. The Morgan fingerprint density at radius 3 is 2.61 bits per heavy atom. The number of amides is 1. The maximum Gasteiger partial charge on any atom is 0.522 e. The highest BCUT2D eigenvalue weighted by Gasteiger charge is 2.70. The molecule has 1 aromatic rings. The number of carbonyl (C=O) groups is 1. The zero-order valence-corrected chi connectivity index (χ0v) is 12.1. The van der Waals surface area contributed by atoms with Crippen LogP contribution in [0.1, 0.15) is 49.5 Å². The highest BCUT2D eigenvalue weighted by molar-refractivity contribution is 5.67. The van der Waals surface area contributed by atoms with E-state index in [1.54, 1.807) is 6.20 Å². The van der Waals surface area contributed by atoms with Gasteiger partial charge >= 0.3 is 12.5 Å². The molecule has 1 aromatic heterocycles. The zero-order valence-electron chi connectivity index (χ0n) is 12.1. The van der Waals surface area contributed by atoms with E-state index in [0.717, 1.165) is 30.8 Å². The number of hydrogen-bond donors (Lipinski definition) is 3. The predicted molar refractivity (Wildman–Crippen MR) is 70.9 cm³/mol. The van der Waals surface area contributed by atoms with Crippen molar-refractivity contribution in [1.29, 1.82) is 0 Å². The predicted octanol–water partition coefficient (Wildman–Crippen LogP) is 2.63. The minimum atomic E-state index is -4.58. The fourth-order valence-electron chi connectivity index (χ4n) is 4.32. The van der Waals surface area contributed by atoms with Crippen molar-refractivity contribution >= 4 is 6.09 Å². The zero-order chi connectivity index (χ0) is 16.5. The standard InChI is InChI=1S/C14H16F3N3O3/c15-14(16,17)23-8-1-7(2-8)9-3-18-10(19-9)12-4-13(5-12,6-12)20-11(21)22/h3,7-8,20H,1-2,4-6H2,(H,18,19)(H,21,22). The van der Waals surface area contributed by atoms with Gasteiger partial charge in [-0.2, -0.15) is 0 Å². The molecule has 0 aromatic carbocycles. The van der Waals surface area contributed by atoms with E-state index in [0.29, 0.717) is 12.8 Å². The van der Waals surface area contributed by atoms with Crippen LogP contribution in [0.2, 0.25) is 0 Å². The van der Waals surface area contributed by atoms with E-state index >= 15 is 0 Å². The van der Waals surface area contributed by atoms with Gasteiger partial charge in [-0.3, -0.25) is 4.74 Å². The fraction of sp³-hybridized carbons (Fsp3) is 0.714. The summed E-state index contributed by atoms with van der Waals surface area (Å²) in [6.07, 6.45) is -1.84. The molecule has 4 saturated carbocycles. The van der Waals surface area contributed by atoms with Gasteiger partial charge in [0.15, 0.2) is 0 Å². The van der Waals surface area contributed by atoms with Gasteiger partial charge in [0.1, 0.15) is 5.82 Å². The highest BCUT2D eigenvalue weighted by atomic mass is 19.4. The van der Waals surface area contributed by atoms with Gasteiger partial charge in [0.25, 0.3) is 0 Å². The summed E-state index contributed by atoms with van der Waals surface area (Å²) in [4.78, 5) is 18.3. The molecule has 0 radical (unpaired) electrons. The Bertz CT molecular complexity index is 631. The molecule has 4 fully saturated rings. The Balaban J connectivity index is 1.33. The minimum Gasteiger partial charge on any atom is -0.465 e. The van der Waals surface area contributed by atoms with E-state index in [1.165, 1.54) is 0 Å². The summed E-state index contributed by atoms with van der Waals surface area (Å²) < 4.78 is 40.3. The molecule has 1 heterocycles. The molecule has 2 bridgehead atoms. The monoisotopic (exact) mass is 331 g/mol. The normalized spacial score (nSPS) is 38.2. The van der Waals surface area contributed by atoms with Gasteiger partial charge in [-0.25, -0.2) is 9.78 Å². The van der Waals surface area contributed by atoms with E-state index < -0.39 is 18.6 Å². The lowest BCUT2D eigenvalue weighted by Gasteiger charge is -2.69. The van der Waals surface area contributed by atoms with Crippen LogP contribution in [0.25, 0.3) is 0 Å². The third-order valence-electron chi connectivity index (χ3n) is 5.34. The topological polar surface area (TPSA) is 87.2 Å². The number of H-pyrrole nitrogens is 1. The summed E-state index contributed by atoms with van der Waals surface area (Å²) in [6.45, 7) is 0. The smallest absolute Gasteiger partial charge is 0.465 e. The fourth-order valence-corrected chi connectivity index (χ4v) is 4.32. The number of rotatable bonds is 4. The minimum absolute atomic E-state index is 0.0158. The van der Waals surface area contributed by atoms with Crippen LogP contribution in [0.3, 0.4) is 0 Å². The first-order valence-corrected chi connectivity index (χ1v) is 7.50. The number of aromatic nitrogens is 2. The van der Waals surface area contributed by atoms with Gasteiger partial charge in [-0.15, -0.1) is 13.2 Å². The molecule has 3 N–H and O–H groups in total. The number of imidazole rings is 1. The lowest BCUT2D eigenvalue weighted by atomic mass is 9.39. The van der Waals surface area contributed by atoms with E-state index in [-0.39, 0.29) is 16.9 Å². The van der Waals surface area contributed by atoms with Gasteiger partial charge in [0, 0.05) is 28.8 Å². The number of carboxylic acid groups (broad SMARTS) is 1. The Kier molecular flexibility index (Phi) is 2.83. The first kappa shape index (κ1) is 14.8. The summed E-state index contributed by atoms with van der Waals surface area (Å²) >= 11 is 0. The highest BCUT2D eigenvalue weighted by Crippen LogP contribution is 2.67. The van der Waals surface area contributed by atoms with E-state index in [9.17, 15) is 18.0 Å². The van der Waals surface area contributed by atoms with Crippen LogP contribution in [0, 0.1) is 0 Å². The number of hydrogen-bond acceptors (Lipinski definition) is 3. The number of halogens is 3. The van der Waals surface area contributed by atoms with Crippen LogP contribution in [-0.2, 0) is 10.2 Å². The lowest BCUT2D eigenvalue weighted by molar-refractivity contribution is -0.351. The average Bonchev–Trinajstić information content (AvgIpc) is 2.73. The Hall–Kier alpha value is -1.77. The molecular weight excluding hydrogens is 315 g/mol. The summed E-state index contributed by atoms with van der Waals surface area (Å²) in [5.74, 6) is 0.837. The maximum absolute atomic E-state index is 12.1. The van der Waals surface area contributed by atoms with Crippen molar-refractivity contribution in [3.63, 3.8) is 0 Å². The van der Waals surface area contributed by atoms with Crippen molar-refractivity contribution in [3.8, 4) is 0 Å². The molecule has 126 valence electrons. The number of nitrogens with zero attached hydrogens (tertiary/aromatic N) is 1. The largest absolute Gasteiger partial charge is 0.522 e. The molecule has 4 aliphatic rings. The Morgan fingerprint density at radius 2 is 2.04 bits per heavy atom. The van der Waals surface area contributed by atoms with Gasteiger partial charge in [-0.05, 0) is 32.1 Å². The molecule has 9 heteroatoms. The molecule has 0 spiro atoms. The number of aromatic amines is 1. The van der Waals surface area contributed by atoms with Crippen LogP contribution in [0.15, 0.2) is 6.20 Å². The SMILES string of the molecule is O=C(O)NC12CC(c3ncc(C4CC(OC(F)(F)F)C4)[nH]3)(C1)C2. The van der Waals surface area contributed by atoms with E-state index in [2.05, 4.69) is 20.0 Å². The summed E-state index contributed by atoms with van der Waals surface area (Å²) in [5, 5.41) is 11.3. The van der Waals surface area contributed by atoms with Crippen LogP contribution < -0.4 is 5.32 Å². The molecule has 5 rings (SSSR count). The second kappa shape index (κ2) is 4.40. The molecule has 0 atom stereocenters. The lowest BCUT2D eigenvalue weighted by Crippen LogP contribution is -2.76. The van der Waals surface area contributed by atoms with Crippen LogP contribution in [-0.4, -0.2) is 39.2 Å². The van der Waals surface area contributed by atoms with Crippen molar-refractivity contribution in [2.24, 2.45) is 0 Å². The number of nitrogens with one attached hydrogen (secondary N) is 2. The molecule has 23 heavy (non-hydrogen) atoms. The second-order valence-corrected chi connectivity index (χ2v) is 7.06. The molecule has 0 saturated heterocycles. The van der Waals surface area contributed by atoms with Crippen LogP contribution in [0.4, 0.5) is 18.0 Å². The van der Waals surface area contributed by atoms with Gasteiger partial charge < -0.3 is 15.4 Å². The third kappa shape index (κ3) is 2.37. The number of ether oxygens (including phenoxy) is 1. The first-order valence-electron chi connectivity index (χ1n) is 7.50. The average molecular weight is 331 g/mol. The van der Waals surface area contributed by atoms with Crippen molar-refractivity contribution in [3.05, 3.63) is 17.7 Å². The van der Waals surface area contributed by atoms with Crippen molar-refractivity contribution < 1.29 is 27.8 Å². The summed E-state index contributed by atoms with van der Waals surface area (Å²) in [7, 11) is 0. The van der Waals surface area contributed by atoms with E-state index in [1.807, 2.05) is 0 Å². The summed E-state index contributed by atoms with van der Waals surface area (Å²) in [5.41, 5.74) is 0.444. The van der Waals surface area contributed by atoms with Crippen LogP contribution in [0.5, 0.6) is 0 Å². The van der Waals surface area contributed by atoms with Crippen LogP contribution >= 0.6 is 0 Å².